The van der Waals surface area contributed by atoms with E-state index in [9.17, 15) is 18.0 Å². The maximum absolute atomic E-state index is 13.7. The number of methoxy groups -OCH3 is 1. The van der Waals surface area contributed by atoms with Crippen LogP contribution in [-0.4, -0.2) is 57.1 Å². The monoisotopic (exact) mass is 523 g/mol. The van der Waals surface area contributed by atoms with Crippen LogP contribution in [0, 0.1) is 6.92 Å². The zero-order valence-corrected chi connectivity index (χ0v) is 22.6. The number of rotatable bonds is 11. The van der Waals surface area contributed by atoms with Crippen LogP contribution >= 0.6 is 11.6 Å². The van der Waals surface area contributed by atoms with Gasteiger partial charge in [0.25, 0.3) is 0 Å². The minimum absolute atomic E-state index is 0.110. The van der Waals surface area contributed by atoms with Gasteiger partial charge in [-0.05, 0) is 56.5 Å². The lowest BCUT2D eigenvalue weighted by Crippen LogP contribution is -2.53. The van der Waals surface area contributed by atoms with Crippen molar-refractivity contribution in [2.45, 2.75) is 52.7 Å². The Labute approximate surface area is 213 Å². The van der Waals surface area contributed by atoms with Gasteiger partial charge in [-0.3, -0.25) is 13.9 Å². The first-order valence-corrected chi connectivity index (χ1v) is 13.6. The Morgan fingerprint density at radius 1 is 1.14 bits per heavy atom. The molecule has 1 atom stereocenters. The molecule has 8 nitrogen and oxygen atoms in total. The summed E-state index contributed by atoms with van der Waals surface area (Å²) in [4.78, 5) is 28.1. The lowest BCUT2D eigenvalue weighted by atomic mass is 10.1. The van der Waals surface area contributed by atoms with Crippen molar-refractivity contribution >= 4 is 39.1 Å². The van der Waals surface area contributed by atoms with E-state index in [4.69, 9.17) is 16.3 Å². The number of anilines is 1. The molecule has 1 unspecified atom stereocenters. The van der Waals surface area contributed by atoms with Crippen molar-refractivity contribution in [3.05, 3.63) is 58.6 Å². The van der Waals surface area contributed by atoms with Gasteiger partial charge >= 0.3 is 0 Å². The Morgan fingerprint density at radius 3 is 2.31 bits per heavy atom. The van der Waals surface area contributed by atoms with Gasteiger partial charge in [-0.15, -0.1) is 0 Å². The molecule has 0 aliphatic heterocycles. The third-order valence-electron chi connectivity index (χ3n) is 5.52. The van der Waals surface area contributed by atoms with Crippen molar-refractivity contribution in [1.82, 2.24) is 10.2 Å². The van der Waals surface area contributed by atoms with E-state index in [2.05, 4.69) is 5.32 Å². The summed E-state index contributed by atoms with van der Waals surface area (Å²) in [5.41, 5.74) is 2.06. The molecule has 0 aliphatic rings. The van der Waals surface area contributed by atoms with Crippen molar-refractivity contribution in [3.63, 3.8) is 0 Å². The molecule has 2 amide bonds. The summed E-state index contributed by atoms with van der Waals surface area (Å²) >= 11 is 6.22. The molecule has 0 spiro atoms. The van der Waals surface area contributed by atoms with Crippen LogP contribution in [0.3, 0.4) is 0 Å². The summed E-state index contributed by atoms with van der Waals surface area (Å²) < 4.78 is 31.5. The van der Waals surface area contributed by atoms with Gasteiger partial charge in [0, 0.05) is 12.6 Å². The van der Waals surface area contributed by atoms with E-state index in [1.807, 2.05) is 52.0 Å². The van der Waals surface area contributed by atoms with E-state index in [0.29, 0.717) is 12.2 Å². The molecule has 10 heteroatoms. The van der Waals surface area contributed by atoms with Crippen molar-refractivity contribution < 1.29 is 22.7 Å². The fourth-order valence-electron chi connectivity index (χ4n) is 3.70. The first kappa shape index (κ1) is 28.5. The van der Waals surface area contributed by atoms with Crippen molar-refractivity contribution in [1.29, 1.82) is 0 Å². The van der Waals surface area contributed by atoms with Gasteiger partial charge in [-0.2, -0.15) is 0 Å². The number of sulfonamides is 1. The predicted molar refractivity (Wildman–Crippen MR) is 139 cm³/mol. The van der Waals surface area contributed by atoms with Crippen LogP contribution in [0.5, 0.6) is 5.75 Å². The second-order valence-corrected chi connectivity index (χ2v) is 10.9. The number of aryl methyl sites for hydroxylation is 1. The average Bonchev–Trinajstić information content (AvgIpc) is 2.77. The Bertz CT molecular complexity index is 1150. The first-order valence-electron chi connectivity index (χ1n) is 11.3. The van der Waals surface area contributed by atoms with Crippen LogP contribution in [-0.2, 0) is 26.2 Å². The fraction of sp³-hybridized carbons (Fsp3) is 0.440. The molecule has 2 aromatic rings. The lowest BCUT2D eigenvalue weighted by Gasteiger charge is -2.33. The van der Waals surface area contributed by atoms with E-state index in [-0.39, 0.29) is 29.2 Å². The molecule has 0 saturated heterocycles. The predicted octanol–water partition coefficient (Wildman–Crippen LogP) is 3.76. The number of nitrogens with one attached hydrogen (secondary N) is 1. The van der Waals surface area contributed by atoms with E-state index < -0.39 is 28.5 Å². The summed E-state index contributed by atoms with van der Waals surface area (Å²) in [6.45, 7) is 7.11. The van der Waals surface area contributed by atoms with Crippen LogP contribution < -0.4 is 14.4 Å². The molecule has 0 aliphatic carbocycles. The third-order valence-corrected chi connectivity index (χ3v) is 6.96. The number of carbonyl (C=O) groups is 2. The molecule has 0 bridgehead atoms. The quantitative estimate of drug-likeness (QED) is 0.484. The van der Waals surface area contributed by atoms with E-state index in [1.54, 1.807) is 0 Å². The molecule has 0 radical (unpaired) electrons. The van der Waals surface area contributed by atoms with Crippen molar-refractivity contribution in [2.24, 2.45) is 0 Å². The molecule has 2 aromatic carbocycles. The molecule has 0 saturated carbocycles. The highest BCUT2D eigenvalue weighted by Crippen LogP contribution is 2.30. The molecular weight excluding hydrogens is 490 g/mol. The van der Waals surface area contributed by atoms with Crippen LogP contribution in [0.1, 0.15) is 38.3 Å². The van der Waals surface area contributed by atoms with Gasteiger partial charge in [0.05, 0.1) is 24.1 Å². The fourth-order valence-corrected chi connectivity index (χ4v) is 4.79. The van der Waals surface area contributed by atoms with Crippen molar-refractivity contribution in [3.8, 4) is 5.75 Å². The smallest absolute Gasteiger partial charge is 0.244 e. The molecule has 1 N–H and O–H groups in total. The summed E-state index contributed by atoms with van der Waals surface area (Å²) in [7, 11) is -2.40. The summed E-state index contributed by atoms with van der Waals surface area (Å²) in [6, 6.07) is 11.2. The lowest BCUT2D eigenvalue weighted by molar-refractivity contribution is -0.140. The highest BCUT2D eigenvalue weighted by atomic mass is 35.5. The molecular formula is C25H34ClN3O5S. The minimum Gasteiger partial charge on any atom is -0.495 e. The zero-order valence-electron chi connectivity index (χ0n) is 21.0. The first-order chi connectivity index (χ1) is 16.4. The number of nitrogens with zero attached hydrogens (tertiary/aromatic N) is 2. The van der Waals surface area contributed by atoms with Crippen LogP contribution in [0.4, 0.5) is 5.69 Å². The molecule has 0 aromatic heterocycles. The van der Waals surface area contributed by atoms with E-state index in [0.717, 1.165) is 21.7 Å². The molecule has 35 heavy (non-hydrogen) atoms. The highest BCUT2D eigenvalue weighted by Gasteiger charge is 2.32. The molecule has 192 valence electrons. The molecule has 0 heterocycles. The summed E-state index contributed by atoms with van der Waals surface area (Å²) in [5, 5.41) is 3.08. The number of carbonyl (C=O) groups excluding carboxylic acids is 2. The topological polar surface area (TPSA) is 96.0 Å². The standard InChI is InChI=1S/C25H34ClN3O5S/c1-7-22(25(31)27-17(2)3)28(15-19-11-9-8-10-18(19)4)24(30)16-29(35(6,32)33)20-12-13-23(34-5)21(26)14-20/h8-14,17,22H,7,15-16H2,1-6H3,(H,27,31). The molecule has 2 rings (SSSR count). The van der Waals surface area contributed by atoms with Crippen LogP contribution in [0.25, 0.3) is 0 Å². The number of halogens is 1. The number of hydrogen-bond donors (Lipinski definition) is 1. The second kappa shape index (κ2) is 12.3. The zero-order chi connectivity index (χ0) is 26.3. The highest BCUT2D eigenvalue weighted by molar-refractivity contribution is 7.92. The van der Waals surface area contributed by atoms with E-state index >= 15 is 0 Å². The Hall–Kier alpha value is -2.78. The number of ether oxygens (including phenoxy) is 1. The Kier molecular flexibility index (Phi) is 9.97. The van der Waals surface area contributed by atoms with Gasteiger partial charge in [-0.25, -0.2) is 8.42 Å². The maximum atomic E-state index is 13.7. The SMILES string of the molecule is CCC(C(=O)NC(C)C)N(Cc1ccccc1C)C(=O)CN(c1ccc(OC)c(Cl)c1)S(C)(=O)=O. The van der Waals surface area contributed by atoms with Crippen LogP contribution in [0.15, 0.2) is 42.5 Å². The average molecular weight is 524 g/mol. The minimum atomic E-state index is -3.85. The van der Waals surface area contributed by atoms with Gasteiger partial charge in [0.1, 0.15) is 18.3 Å². The van der Waals surface area contributed by atoms with Gasteiger partial charge < -0.3 is 15.0 Å². The van der Waals surface area contributed by atoms with Crippen LogP contribution in [0.2, 0.25) is 5.02 Å². The van der Waals surface area contributed by atoms with Gasteiger partial charge in [0.15, 0.2) is 0 Å². The van der Waals surface area contributed by atoms with Gasteiger partial charge in [0.2, 0.25) is 21.8 Å². The summed E-state index contributed by atoms with van der Waals surface area (Å²) in [6.07, 6.45) is 1.39. The summed E-state index contributed by atoms with van der Waals surface area (Å²) in [5.74, 6) is -0.410. The number of benzene rings is 2. The molecule has 0 fully saturated rings. The van der Waals surface area contributed by atoms with Crippen molar-refractivity contribution in [2.75, 3.05) is 24.2 Å². The Morgan fingerprint density at radius 2 is 1.80 bits per heavy atom. The van der Waals surface area contributed by atoms with Gasteiger partial charge in [-0.1, -0.05) is 42.8 Å². The third kappa shape index (κ3) is 7.60. The normalized spacial score (nSPS) is 12.2. The maximum Gasteiger partial charge on any atom is 0.244 e. The second-order valence-electron chi connectivity index (χ2n) is 8.62. The largest absolute Gasteiger partial charge is 0.495 e. The number of hydrogen-bond acceptors (Lipinski definition) is 5. The van der Waals surface area contributed by atoms with E-state index in [1.165, 1.54) is 30.2 Å². The number of amides is 2. The Balaban J connectivity index is 2.48.